The van der Waals surface area contributed by atoms with E-state index >= 15 is 0 Å². The summed E-state index contributed by atoms with van der Waals surface area (Å²) in [6, 6.07) is 2.02. The molecule has 0 heterocycles. The van der Waals surface area contributed by atoms with Crippen molar-refractivity contribution in [2.45, 2.75) is 4.90 Å². The molecule has 0 aliphatic carbocycles. The molecule has 10 heteroatoms. The van der Waals surface area contributed by atoms with Gasteiger partial charge in [0.15, 0.2) is 0 Å². The van der Waals surface area contributed by atoms with E-state index in [0.29, 0.717) is 4.32 Å². The molecule has 0 amide bonds. The second-order valence-corrected chi connectivity index (χ2v) is 5.63. The van der Waals surface area contributed by atoms with Crippen LogP contribution in [0, 0.1) is 20.2 Å². The fraction of sp³-hybridized carbons (Fsp3) is 0.222. The Labute approximate surface area is 122 Å². The van der Waals surface area contributed by atoms with E-state index < -0.39 is 21.2 Å². The number of thiocarbonyl (C=S) groups is 1. The molecule has 0 aliphatic rings. The van der Waals surface area contributed by atoms with Crippen LogP contribution in [0.5, 0.6) is 0 Å². The van der Waals surface area contributed by atoms with Crippen LogP contribution in [0.4, 0.5) is 11.4 Å². The van der Waals surface area contributed by atoms with Crippen molar-refractivity contribution in [3.8, 4) is 0 Å². The summed E-state index contributed by atoms with van der Waals surface area (Å²) in [5.74, 6) is 0. The summed E-state index contributed by atoms with van der Waals surface area (Å²) in [6.07, 6.45) is 0. The van der Waals surface area contributed by atoms with E-state index in [-0.39, 0.29) is 9.92 Å². The van der Waals surface area contributed by atoms with Crippen molar-refractivity contribution in [1.82, 2.24) is 4.90 Å². The Hall–Kier alpha value is -1.45. The highest BCUT2D eigenvalue weighted by atomic mass is 35.5. The number of thioether (sulfide) groups is 1. The predicted octanol–water partition coefficient (Wildman–Crippen LogP) is 3.10. The summed E-state index contributed by atoms with van der Waals surface area (Å²) >= 11 is 11.7. The molecule has 1 rings (SSSR count). The van der Waals surface area contributed by atoms with Gasteiger partial charge >= 0.3 is 0 Å². The summed E-state index contributed by atoms with van der Waals surface area (Å²) in [7, 11) is 3.38. The first-order chi connectivity index (χ1) is 8.73. The molecule has 0 saturated heterocycles. The lowest BCUT2D eigenvalue weighted by atomic mass is 10.3. The van der Waals surface area contributed by atoms with Crippen molar-refractivity contribution < 1.29 is 9.85 Å². The summed E-state index contributed by atoms with van der Waals surface area (Å²) in [6.45, 7) is 0. The van der Waals surface area contributed by atoms with Gasteiger partial charge in [0.05, 0.1) is 20.8 Å². The lowest BCUT2D eigenvalue weighted by molar-refractivity contribution is -0.395. The smallest absolute Gasteiger partial charge is 0.294 e. The van der Waals surface area contributed by atoms with Gasteiger partial charge in [-0.05, 0) is 6.07 Å². The third-order valence-corrected chi connectivity index (χ3v) is 3.99. The zero-order valence-electron chi connectivity index (χ0n) is 9.82. The van der Waals surface area contributed by atoms with Gasteiger partial charge in [-0.2, -0.15) is 0 Å². The molecule has 0 atom stereocenters. The predicted molar refractivity (Wildman–Crippen MR) is 76.9 cm³/mol. The van der Waals surface area contributed by atoms with Crippen LogP contribution in [0.2, 0.25) is 5.02 Å². The first-order valence-electron chi connectivity index (χ1n) is 4.75. The van der Waals surface area contributed by atoms with Gasteiger partial charge in [-0.25, -0.2) is 0 Å². The maximum Gasteiger partial charge on any atom is 0.294 e. The van der Waals surface area contributed by atoms with Crippen LogP contribution >= 0.6 is 35.6 Å². The van der Waals surface area contributed by atoms with E-state index in [0.717, 1.165) is 17.8 Å². The molecule has 1 aromatic rings. The van der Waals surface area contributed by atoms with E-state index in [4.69, 9.17) is 23.8 Å². The Balaban J connectivity index is 3.31. The van der Waals surface area contributed by atoms with Crippen molar-refractivity contribution in [1.29, 1.82) is 0 Å². The molecule has 0 aromatic heterocycles. The normalized spacial score (nSPS) is 10.1. The van der Waals surface area contributed by atoms with Gasteiger partial charge in [0.25, 0.3) is 11.4 Å². The Kier molecular flexibility index (Phi) is 5.04. The first kappa shape index (κ1) is 15.6. The number of nitrogens with zero attached hydrogens (tertiary/aromatic N) is 3. The minimum absolute atomic E-state index is 0.166. The second kappa shape index (κ2) is 6.13. The molecule has 1 aromatic carbocycles. The number of halogens is 1. The van der Waals surface area contributed by atoms with Crippen molar-refractivity contribution in [3.05, 3.63) is 37.4 Å². The number of hydrogen-bond acceptors (Lipinski definition) is 6. The van der Waals surface area contributed by atoms with Gasteiger partial charge in [-0.15, -0.1) is 0 Å². The summed E-state index contributed by atoms with van der Waals surface area (Å²) in [4.78, 5) is 21.9. The number of nitro groups is 2. The molecule has 102 valence electrons. The molecule has 0 aliphatic heterocycles. The molecule has 19 heavy (non-hydrogen) atoms. The number of rotatable bonds is 3. The number of hydrogen-bond donors (Lipinski definition) is 0. The van der Waals surface area contributed by atoms with Gasteiger partial charge in [-0.3, -0.25) is 20.2 Å². The standard InChI is InChI=1S/C9H8ClN3O4S2/c1-11(2)9(18)19-8-3-5(10)6(12(14)15)4-7(8)13(16)17/h3-4H,1-2H3. The van der Waals surface area contributed by atoms with Crippen LogP contribution in [0.15, 0.2) is 17.0 Å². The zero-order valence-corrected chi connectivity index (χ0v) is 12.2. The lowest BCUT2D eigenvalue weighted by Gasteiger charge is -2.12. The average molecular weight is 322 g/mol. The highest BCUT2D eigenvalue weighted by Crippen LogP contribution is 2.38. The van der Waals surface area contributed by atoms with Crippen LogP contribution < -0.4 is 0 Å². The van der Waals surface area contributed by atoms with Gasteiger partial charge in [0.1, 0.15) is 9.34 Å². The Morgan fingerprint density at radius 3 is 2.21 bits per heavy atom. The highest BCUT2D eigenvalue weighted by Gasteiger charge is 2.25. The van der Waals surface area contributed by atoms with E-state index in [2.05, 4.69) is 0 Å². The van der Waals surface area contributed by atoms with Crippen LogP contribution in [0.25, 0.3) is 0 Å². The molecule has 7 nitrogen and oxygen atoms in total. The SMILES string of the molecule is CN(C)C(=S)Sc1cc(Cl)c([N+](=O)[O-])cc1[N+](=O)[O-]. The van der Waals surface area contributed by atoms with Gasteiger partial charge < -0.3 is 4.90 Å². The van der Waals surface area contributed by atoms with Gasteiger partial charge in [-0.1, -0.05) is 35.6 Å². The zero-order chi connectivity index (χ0) is 14.7. The van der Waals surface area contributed by atoms with Gasteiger partial charge in [0, 0.05) is 14.1 Å². The topological polar surface area (TPSA) is 89.5 Å². The summed E-state index contributed by atoms with van der Waals surface area (Å²) < 4.78 is 0.382. The Morgan fingerprint density at radius 2 is 1.79 bits per heavy atom. The molecule has 0 bridgehead atoms. The number of nitro benzene ring substituents is 2. The molecular formula is C9H8ClN3O4S2. The Morgan fingerprint density at radius 1 is 1.26 bits per heavy atom. The number of benzene rings is 1. The molecule has 0 unspecified atom stereocenters. The molecule has 0 radical (unpaired) electrons. The van der Waals surface area contributed by atoms with Crippen molar-refractivity contribution in [3.63, 3.8) is 0 Å². The molecule has 0 fully saturated rings. The fourth-order valence-electron chi connectivity index (χ4n) is 1.08. The average Bonchev–Trinajstić information content (AvgIpc) is 2.27. The third-order valence-electron chi connectivity index (χ3n) is 1.98. The maximum atomic E-state index is 10.9. The van der Waals surface area contributed by atoms with Crippen LogP contribution in [0.1, 0.15) is 0 Å². The molecule has 0 saturated carbocycles. The highest BCUT2D eigenvalue weighted by molar-refractivity contribution is 8.23. The van der Waals surface area contributed by atoms with E-state index in [1.807, 2.05) is 0 Å². The quantitative estimate of drug-likeness (QED) is 0.365. The summed E-state index contributed by atoms with van der Waals surface area (Å²) in [5, 5.41) is 21.5. The van der Waals surface area contributed by atoms with Crippen molar-refractivity contribution >= 4 is 51.3 Å². The van der Waals surface area contributed by atoms with Crippen LogP contribution in [-0.4, -0.2) is 33.2 Å². The Bertz CT molecular complexity index is 565. The summed E-state index contributed by atoms with van der Waals surface area (Å²) in [5.41, 5.74) is -0.904. The maximum absolute atomic E-state index is 10.9. The van der Waals surface area contributed by atoms with Crippen LogP contribution in [0.3, 0.4) is 0 Å². The first-order valence-corrected chi connectivity index (χ1v) is 6.35. The van der Waals surface area contributed by atoms with Crippen LogP contribution in [-0.2, 0) is 0 Å². The molecule has 0 spiro atoms. The van der Waals surface area contributed by atoms with E-state index in [9.17, 15) is 20.2 Å². The fourth-order valence-corrected chi connectivity index (χ4v) is 2.43. The minimum Gasteiger partial charge on any atom is -0.363 e. The van der Waals surface area contributed by atoms with E-state index in [1.165, 1.54) is 6.07 Å². The third kappa shape index (κ3) is 3.75. The second-order valence-electron chi connectivity index (χ2n) is 3.55. The largest absolute Gasteiger partial charge is 0.363 e. The molecular weight excluding hydrogens is 314 g/mol. The van der Waals surface area contributed by atoms with Crippen molar-refractivity contribution in [2.75, 3.05) is 14.1 Å². The monoisotopic (exact) mass is 321 g/mol. The van der Waals surface area contributed by atoms with Gasteiger partial charge in [0.2, 0.25) is 0 Å². The minimum atomic E-state index is -0.770. The van der Waals surface area contributed by atoms with E-state index in [1.54, 1.807) is 19.0 Å². The van der Waals surface area contributed by atoms with Crippen molar-refractivity contribution in [2.24, 2.45) is 0 Å². The molecule has 0 N–H and O–H groups in total. The lowest BCUT2D eigenvalue weighted by Crippen LogP contribution is -2.16.